The van der Waals surface area contributed by atoms with Crippen LogP contribution < -0.4 is 9.64 Å². The van der Waals surface area contributed by atoms with Crippen molar-refractivity contribution < 1.29 is 18.9 Å². The van der Waals surface area contributed by atoms with Crippen molar-refractivity contribution in [1.82, 2.24) is 14.6 Å². The lowest BCUT2D eigenvalue weighted by Gasteiger charge is -2.26. The van der Waals surface area contributed by atoms with E-state index < -0.39 is 0 Å². The Morgan fingerprint density at radius 3 is 2.52 bits per heavy atom. The Morgan fingerprint density at radius 1 is 1.13 bits per heavy atom. The minimum atomic E-state index is 0.473. The molecule has 8 nitrogen and oxygen atoms in total. The molecule has 0 aliphatic carbocycles. The highest BCUT2D eigenvalue weighted by atomic mass is 35.5. The number of halogens is 1. The van der Waals surface area contributed by atoms with Gasteiger partial charge in [-0.2, -0.15) is 9.61 Å². The summed E-state index contributed by atoms with van der Waals surface area (Å²) >= 11 is 6.62. The van der Waals surface area contributed by atoms with Gasteiger partial charge >= 0.3 is 0 Å². The largest absolute Gasteiger partial charge is 0.497 e. The van der Waals surface area contributed by atoms with Crippen LogP contribution in [0, 0.1) is 6.92 Å². The minimum Gasteiger partial charge on any atom is -0.497 e. The molecule has 0 atom stereocenters. The van der Waals surface area contributed by atoms with Gasteiger partial charge in [-0.3, -0.25) is 0 Å². The fraction of sp³-hybridized carbons (Fsp3) is 0.455. The monoisotopic (exact) mass is 446 g/mol. The highest BCUT2D eigenvalue weighted by Gasteiger charge is 2.28. The summed E-state index contributed by atoms with van der Waals surface area (Å²) in [6, 6.07) is 5.65. The first-order chi connectivity index (χ1) is 15.1. The highest BCUT2D eigenvalue weighted by molar-refractivity contribution is 6.33. The van der Waals surface area contributed by atoms with Crippen molar-refractivity contribution in [3.63, 3.8) is 0 Å². The molecule has 0 radical (unpaired) electrons. The molecule has 0 fully saturated rings. The molecule has 166 valence electrons. The van der Waals surface area contributed by atoms with Crippen LogP contribution in [-0.4, -0.2) is 62.2 Å². The molecule has 1 aromatic carbocycles. The molecule has 0 saturated carbocycles. The molecule has 3 heterocycles. The molecule has 0 saturated heterocycles. The van der Waals surface area contributed by atoms with Crippen LogP contribution in [0.1, 0.15) is 17.0 Å². The van der Waals surface area contributed by atoms with Crippen LogP contribution in [0.25, 0.3) is 16.8 Å². The Hall–Kier alpha value is -2.39. The van der Waals surface area contributed by atoms with Gasteiger partial charge in [-0.05, 0) is 25.1 Å². The molecule has 0 N–H and O–H groups in total. The van der Waals surface area contributed by atoms with Gasteiger partial charge in [0.25, 0.3) is 0 Å². The van der Waals surface area contributed by atoms with Crippen molar-refractivity contribution in [2.75, 3.05) is 52.5 Å². The molecule has 0 unspecified atom stereocenters. The topological polar surface area (TPSA) is 70.4 Å². The number of aromatic nitrogens is 3. The van der Waals surface area contributed by atoms with Gasteiger partial charge in [-0.25, -0.2) is 4.98 Å². The zero-order chi connectivity index (χ0) is 22.0. The van der Waals surface area contributed by atoms with Gasteiger partial charge in [0.15, 0.2) is 5.65 Å². The normalized spacial score (nSPS) is 13.1. The summed E-state index contributed by atoms with van der Waals surface area (Å²) < 4.78 is 23.7. The zero-order valence-corrected chi connectivity index (χ0v) is 19.0. The quantitative estimate of drug-likeness (QED) is 0.498. The number of anilines is 1. The Kier molecular flexibility index (Phi) is 6.62. The summed E-state index contributed by atoms with van der Waals surface area (Å²) in [7, 11) is 5.02. The first-order valence-corrected chi connectivity index (χ1v) is 10.5. The average molecular weight is 447 g/mol. The number of rotatable bonds is 9. The maximum absolute atomic E-state index is 6.62. The average Bonchev–Trinajstić information content (AvgIpc) is 3.36. The number of ether oxygens (including phenoxy) is 4. The van der Waals surface area contributed by atoms with Crippen molar-refractivity contribution in [1.29, 1.82) is 0 Å². The smallest absolute Gasteiger partial charge is 0.165 e. The molecular weight excluding hydrogens is 420 g/mol. The lowest BCUT2D eigenvalue weighted by molar-refractivity contribution is 0.133. The fourth-order valence-electron chi connectivity index (χ4n) is 3.93. The fourth-order valence-corrected chi connectivity index (χ4v) is 4.19. The minimum absolute atomic E-state index is 0.473. The van der Waals surface area contributed by atoms with Gasteiger partial charge in [-0.1, -0.05) is 11.6 Å². The first kappa shape index (κ1) is 21.8. The molecule has 4 rings (SSSR count). The Balaban J connectivity index is 1.92. The van der Waals surface area contributed by atoms with Crippen LogP contribution in [-0.2, 0) is 27.4 Å². The molecule has 1 aliphatic rings. The SMILES string of the molecule is COCCN(CCOC)c1c2c(nc3c(-c4ccc(OC)cc4Cl)c(C)nn13)COC2. The third-order valence-corrected chi connectivity index (χ3v) is 5.77. The second-order valence-corrected chi connectivity index (χ2v) is 7.77. The Bertz CT molecular complexity index is 1080. The Morgan fingerprint density at radius 2 is 1.87 bits per heavy atom. The van der Waals surface area contributed by atoms with Gasteiger partial charge in [0.05, 0.1) is 55.5 Å². The molecule has 0 bridgehead atoms. The summed E-state index contributed by atoms with van der Waals surface area (Å²) in [5.41, 5.74) is 5.35. The van der Waals surface area contributed by atoms with Crippen molar-refractivity contribution in [3.05, 3.63) is 40.2 Å². The third-order valence-electron chi connectivity index (χ3n) is 5.46. The van der Waals surface area contributed by atoms with Gasteiger partial charge < -0.3 is 23.8 Å². The van der Waals surface area contributed by atoms with Crippen LogP contribution in [0.15, 0.2) is 18.2 Å². The van der Waals surface area contributed by atoms with Crippen LogP contribution in [0.2, 0.25) is 5.02 Å². The van der Waals surface area contributed by atoms with E-state index in [-0.39, 0.29) is 0 Å². The van der Waals surface area contributed by atoms with E-state index in [4.69, 9.17) is 40.6 Å². The molecule has 9 heteroatoms. The molecule has 31 heavy (non-hydrogen) atoms. The maximum Gasteiger partial charge on any atom is 0.165 e. The predicted molar refractivity (Wildman–Crippen MR) is 119 cm³/mol. The third kappa shape index (κ3) is 4.08. The van der Waals surface area contributed by atoms with E-state index >= 15 is 0 Å². The summed E-state index contributed by atoms with van der Waals surface area (Å²) in [5.74, 6) is 1.67. The van der Waals surface area contributed by atoms with E-state index in [0.29, 0.717) is 50.3 Å². The van der Waals surface area contributed by atoms with E-state index in [0.717, 1.165) is 39.5 Å². The zero-order valence-electron chi connectivity index (χ0n) is 18.3. The molecule has 3 aromatic rings. The highest BCUT2D eigenvalue weighted by Crippen LogP contribution is 2.38. The lowest BCUT2D eigenvalue weighted by Crippen LogP contribution is -2.33. The number of nitrogens with zero attached hydrogens (tertiary/aromatic N) is 4. The van der Waals surface area contributed by atoms with Crippen molar-refractivity contribution >= 4 is 23.1 Å². The van der Waals surface area contributed by atoms with Crippen molar-refractivity contribution in [2.24, 2.45) is 0 Å². The van der Waals surface area contributed by atoms with E-state index in [1.807, 2.05) is 23.6 Å². The summed E-state index contributed by atoms with van der Waals surface area (Å²) in [6.45, 7) is 5.51. The number of hydrogen-bond donors (Lipinski definition) is 0. The van der Waals surface area contributed by atoms with Crippen molar-refractivity contribution in [2.45, 2.75) is 20.1 Å². The number of methoxy groups -OCH3 is 3. The summed E-state index contributed by atoms with van der Waals surface area (Å²) in [4.78, 5) is 7.16. The first-order valence-electron chi connectivity index (χ1n) is 10.1. The molecule has 0 amide bonds. The number of benzene rings is 1. The summed E-state index contributed by atoms with van der Waals surface area (Å²) in [6.07, 6.45) is 0. The second kappa shape index (κ2) is 9.40. The molecule has 0 spiro atoms. The van der Waals surface area contributed by atoms with Crippen LogP contribution >= 0.6 is 11.6 Å². The molecular formula is C22H27ClN4O4. The van der Waals surface area contributed by atoms with Gasteiger partial charge in [0, 0.05) is 38.4 Å². The Labute approximate surface area is 186 Å². The van der Waals surface area contributed by atoms with Crippen LogP contribution in [0.5, 0.6) is 5.75 Å². The molecule has 1 aliphatic heterocycles. The number of fused-ring (bicyclic) bond motifs is 2. The summed E-state index contributed by atoms with van der Waals surface area (Å²) in [5, 5.41) is 5.46. The predicted octanol–water partition coefficient (Wildman–Crippen LogP) is 3.50. The number of hydrogen-bond acceptors (Lipinski definition) is 7. The molecule has 2 aromatic heterocycles. The van der Waals surface area contributed by atoms with E-state index in [2.05, 4.69) is 4.90 Å². The van der Waals surface area contributed by atoms with E-state index in [1.54, 1.807) is 27.4 Å². The van der Waals surface area contributed by atoms with Gasteiger partial charge in [-0.15, -0.1) is 0 Å². The standard InChI is InChI=1S/C22H27ClN4O4/c1-14-20(16-6-5-15(30-4)11-18(16)23)21-24-19-13-31-12-17(19)22(27(21)25-14)26(7-9-28-2)8-10-29-3/h5-6,11H,7-10,12-13H2,1-4H3. The second-order valence-electron chi connectivity index (χ2n) is 7.37. The van der Waals surface area contributed by atoms with Gasteiger partial charge in [0.1, 0.15) is 11.6 Å². The number of aryl methyl sites for hydroxylation is 1. The lowest BCUT2D eigenvalue weighted by atomic mass is 10.1. The van der Waals surface area contributed by atoms with Crippen LogP contribution in [0.3, 0.4) is 0 Å². The van der Waals surface area contributed by atoms with Crippen LogP contribution in [0.4, 0.5) is 5.82 Å². The van der Waals surface area contributed by atoms with Gasteiger partial charge in [0.2, 0.25) is 0 Å². The van der Waals surface area contributed by atoms with E-state index in [1.165, 1.54) is 0 Å². The van der Waals surface area contributed by atoms with Crippen molar-refractivity contribution in [3.8, 4) is 16.9 Å². The maximum atomic E-state index is 6.62. The van der Waals surface area contributed by atoms with E-state index in [9.17, 15) is 0 Å².